The van der Waals surface area contributed by atoms with Gasteiger partial charge in [0.15, 0.2) is 34.2 Å². The molecule has 18 nitrogen and oxygen atoms in total. The molecule has 0 aliphatic rings. The number of aryl methyl sites for hydroxylation is 2. The van der Waals surface area contributed by atoms with E-state index in [9.17, 15) is 19.5 Å². The second-order valence-electron chi connectivity index (χ2n) is 11.3. The number of fused-ring (bicyclic) bond motifs is 3. The molecular weight excluding hydrogens is 1450 g/mol. The molecule has 0 aliphatic heterocycles. The van der Waals surface area contributed by atoms with Gasteiger partial charge in [-0.3, -0.25) is 19.3 Å². The summed E-state index contributed by atoms with van der Waals surface area (Å²) in [4.78, 5) is 49.6. The summed E-state index contributed by atoms with van der Waals surface area (Å²) in [5.74, 6) is 0.797. The number of carbonyl (C=O) groups is 3. The summed E-state index contributed by atoms with van der Waals surface area (Å²) < 4.78 is 29.5. The van der Waals surface area contributed by atoms with Crippen LogP contribution >= 0.6 is 113 Å². The Morgan fingerprint density at radius 2 is 1.17 bits per heavy atom. The zero-order valence-corrected chi connectivity index (χ0v) is 48.6. The topological polar surface area (TPSA) is 208 Å². The van der Waals surface area contributed by atoms with Gasteiger partial charge in [-0.05, 0) is 74.1 Å². The summed E-state index contributed by atoms with van der Waals surface area (Å²) in [5.41, 5.74) is 4.59. The molecule has 0 unspecified atom stereocenters. The third-order valence-corrected chi connectivity index (χ3v) is 7.51. The Hall–Kier alpha value is -2.62. The number of carbonyl (C=O) groups excluding carboxylic acids is 3. The Morgan fingerprint density at radius 1 is 0.708 bits per heavy atom. The number of rotatable bonds is 11. The van der Waals surface area contributed by atoms with Crippen LogP contribution in [0, 0.1) is 11.9 Å². The number of alkyl halides is 4. The van der Waals surface area contributed by atoms with Crippen LogP contribution in [-0.2, 0) is 53.6 Å². The molecule has 6 rings (SSSR count). The Labute approximate surface area is 460 Å². The Balaban J connectivity index is -0.000000762. The average Bonchev–Trinajstić information content (AvgIpc) is 4.12. The Kier molecular flexibility index (Phi) is 41.5. The van der Waals surface area contributed by atoms with Crippen molar-refractivity contribution in [1.82, 2.24) is 43.8 Å². The number of ether oxygens (including phenoxy) is 5. The average molecular weight is 1500 g/mol. The normalized spacial score (nSPS) is 9.71. The summed E-state index contributed by atoms with van der Waals surface area (Å²) in [6.07, 6.45) is 13.8. The van der Waals surface area contributed by atoms with Crippen molar-refractivity contribution in [2.45, 2.75) is 53.3 Å². The number of allylic oxidation sites excluding steroid dienone is 1. The van der Waals surface area contributed by atoms with Gasteiger partial charge in [0.25, 0.3) is 0 Å². The molecule has 1 radical (unpaired) electrons. The van der Waals surface area contributed by atoms with E-state index in [1.54, 1.807) is 58.1 Å². The van der Waals surface area contributed by atoms with Gasteiger partial charge in [0.2, 0.25) is 0 Å². The molecule has 0 aliphatic carbocycles. The number of halogens is 5. The van der Waals surface area contributed by atoms with Gasteiger partial charge >= 0.3 is 17.9 Å². The van der Waals surface area contributed by atoms with Gasteiger partial charge in [0, 0.05) is 36.4 Å². The van der Waals surface area contributed by atoms with Crippen molar-refractivity contribution >= 4 is 154 Å². The molecule has 0 saturated carbocycles. The fourth-order valence-corrected chi connectivity index (χ4v) is 4.67. The van der Waals surface area contributed by atoms with Crippen LogP contribution in [0.15, 0.2) is 73.6 Å². The van der Waals surface area contributed by atoms with Crippen LogP contribution < -0.4 is 9.47 Å². The first-order valence-electron chi connectivity index (χ1n) is 18.1. The second kappa shape index (κ2) is 40.5. The summed E-state index contributed by atoms with van der Waals surface area (Å²) in [5, 5.41) is 21.7. The largest absolute Gasteiger partial charge is 0.504 e. The van der Waals surface area contributed by atoms with E-state index in [-0.39, 0.29) is 56.1 Å². The van der Waals surface area contributed by atoms with E-state index in [2.05, 4.69) is 140 Å². The minimum Gasteiger partial charge on any atom is -0.504 e. The first-order chi connectivity index (χ1) is 30.3. The molecule has 0 aromatic carbocycles. The standard InChI is InChI=1S/C12H13N3O3.C11H13N3O3.C8H9N3O.C6H10O2.CHI3.CH3I.CH2I.CH4.V/c1-17-10-7-6-9(4-3-5-11(16)18-2)15-12(10)13-8-14-15;1-17-10(16)4-2-3-8-5-6-9(15)11-12-7-13-14(8)11;1-6-3-4-7(12-2)8-9-5-10-11(6)8;1-3-4-5-6(7)8-2;2-1(3)4;2*1-2;;/h3-4,6-8H,5H2,1-2H3;5-7,15H,2-4H2,1H3;3-5H,1-2H3;3-4H,5H2,1-2H3;1H;1H3;1H2;1H4;/q;;;;;;-1;;/b4-3+;;;4-3+;;;;;. The van der Waals surface area contributed by atoms with Gasteiger partial charge < -0.3 is 51.4 Å². The Morgan fingerprint density at radius 3 is 1.68 bits per heavy atom. The van der Waals surface area contributed by atoms with Crippen molar-refractivity contribution in [3.8, 4) is 17.2 Å². The number of hydrogen-bond donors (Lipinski definition) is 1. The molecule has 0 amide bonds. The maximum Gasteiger partial charge on any atom is 0.309 e. The number of aromatic nitrogens is 9. The van der Waals surface area contributed by atoms with E-state index in [4.69, 9.17) is 9.47 Å². The minimum atomic E-state index is -0.283. The maximum atomic E-state index is 11.0. The summed E-state index contributed by atoms with van der Waals surface area (Å²) in [6.45, 7) is 3.84. The molecule has 6 aromatic heterocycles. The van der Waals surface area contributed by atoms with E-state index in [0.29, 0.717) is 42.7 Å². The van der Waals surface area contributed by atoms with Crippen molar-refractivity contribution in [1.29, 1.82) is 0 Å². The van der Waals surface area contributed by atoms with Crippen molar-refractivity contribution in [3.05, 3.63) is 95.6 Å². The summed E-state index contributed by atoms with van der Waals surface area (Å²) >= 11 is 11.0. The van der Waals surface area contributed by atoms with E-state index in [1.165, 1.54) is 40.3 Å². The van der Waals surface area contributed by atoms with Gasteiger partial charge in [-0.15, -0.1) is 0 Å². The van der Waals surface area contributed by atoms with Gasteiger partial charge in [0.05, 0.1) is 54.1 Å². The van der Waals surface area contributed by atoms with Gasteiger partial charge in [-0.1, -0.05) is 116 Å². The number of pyridine rings is 3. The van der Waals surface area contributed by atoms with Gasteiger partial charge in [-0.25, -0.2) is 28.5 Å². The number of methoxy groups -OCH3 is 5. The minimum absolute atomic E-state index is 0. The zero-order valence-electron chi connectivity index (χ0n) is 36.4. The summed E-state index contributed by atoms with van der Waals surface area (Å²) in [7, 11) is 7.32. The van der Waals surface area contributed by atoms with E-state index < -0.39 is 0 Å². The van der Waals surface area contributed by atoms with Crippen LogP contribution in [0.4, 0.5) is 0 Å². The predicted octanol–water partition coefficient (Wildman–Crippen LogP) is 9.89. The molecule has 65 heavy (non-hydrogen) atoms. The van der Waals surface area contributed by atoms with Gasteiger partial charge in [0.1, 0.15) is 18.9 Å². The van der Waals surface area contributed by atoms with Crippen LogP contribution in [0.5, 0.6) is 17.2 Å². The molecule has 0 bridgehead atoms. The zero-order chi connectivity index (χ0) is 47.7. The van der Waals surface area contributed by atoms with Crippen LogP contribution in [0.1, 0.15) is 57.1 Å². The van der Waals surface area contributed by atoms with E-state index in [1.807, 2.05) is 71.7 Å². The monoisotopic (exact) mass is 1500 g/mol. The molecule has 0 fully saturated rings. The second-order valence-corrected chi connectivity index (χ2v) is 22.2. The maximum absolute atomic E-state index is 11.0. The molecule has 0 atom stereocenters. The fourth-order valence-electron chi connectivity index (χ4n) is 4.67. The van der Waals surface area contributed by atoms with Gasteiger partial charge in [-0.2, -0.15) is 15.3 Å². The predicted molar refractivity (Wildman–Crippen MR) is 292 cm³/mol. The fraction of sp³-hybridized carbons (Fsp3) is 0.366. The molecule has 6 heterocycles. The van der Waals surface area contributed by atoms with Crippen LogP contribution in [-0.4, -0.2) is 107 Å². The summed E-state index contributed by atoms with van der Waals surface area (Å²) in [6, 6.07) is 10.8. The third kappa shape index (κ3) is 25.4. The van der Waals surface area contributed by atoms with Crippen molar-refractivity contribution in [2.24, 2.45) is 0 Å². The number of aromatic hydroxyl groups is 1. The number of hydrogen-bond acceptors (Lipinski definition) is 15. The first kappa shape index (κ1) is 66.7. The molecule has 0 saturated heterocycles. The van der Waals surface area contributed by atoms with Crippen molar-refractivity contribution in [2.75, 3.05) is 40.5 Å². The molecule has 359 valence electrons. The van der Waals surface area contributed by atoms with Crippen LogP contribution in [0.25, 0.3) is 23.0 Å². The third-order valence-electron chi connectivity index (χ3n) is 7.51. The SMILES string of the molecule is C.C/C=C/CC(=O)OC.CI.COC(=O)C/C=C/c1ccc(OC)c2ncnn12.COC(=O)CCCc1ccc(O)c2ncnn12.COc1ccc(C)n2ncnc12.IC(I)I.[CH2-]I.[V]. The molecule has 6 aromatic rings. The van der Waals surface area contributed by atoms with E-state index in [0.717, 1.165) is 28.4 Å². The van der Waals surface area contributed by atoms with E-state index >= 15 is 0 Å². The number of esters is 3. The molecule has 24 heteroatoms. The quantitative estimate of drug-likeness (QED) is 0.0320. The molecule has 0 spiro atoms. The molecule has 1 N–H and O–H groups in total. The van der Waals surface area contributed by atoms with Crippen molar-refractivity contribution in [3.63, 3.8) is 0 Å². The number of nitrogens with zero attached hydrogens (tertiary/aromatic N) is 9. The molecular formula is C41H55I5N9O9V-. The van der Waals surface area contributed by atoms with Crippen molar-refractivity contribution < 1.29 is 61.7 Å². The smallest absolute Gasteiger partial charge is 0.309 e. The van der Waals surface area contributed by atoms with Crippen LogP contribution in [0.2, 0.25) is 0 Å². The Bertz CT molecular complexity index is 2290. The van der Waals surface area contributed by atoms with Crippen LogP contribution in [0.3, 0.4) is 0 Å². The first-order valence-corrected chi connectivity index (χ1v) is 25.5.